The number of carbonyl (C=O) groups is 1. The van der Waals surface area contributed by atoms with E-state index in [1.54, 1.807) is 31.4 Å². The van der Waals surface area contributed by atoms with Crippen LogP contribution in [0.4, 0.5) is 5.13 Å². The van der Waals surface area contributed by atoms with Crippen LogP contribution in [0.1, 0.15) is 17.3 Å². The molecule has 3 rings (SSSR count). The Morgan fingerprint density at radius 2 is 2.04 bits per heavy atom. The second-order valence-electron chi connectivity index (χ2n) is 5.15. The molecule has 0 aliphatic heterocycles. The van der Waals surface area contributed by atoms with Gasteiger partial charge in [0.25, 0.3) is 5.91 Å². The third kappa shape index (κ3) is 3.97. The van der Waals surface area contributed by atoms with E-state index in [1.807, 2.05) is 36.6 Å². The summed E-state index contributed by atoms with van der Waals surface area (Å²) < 4.78 is 10.8. The number of anilines is 1. The van der Waals surface area contributed by atoms with Crippen LogP contribution >= 0.6 is 11.3 Å². The number of rotatable bonds is 6. The Labute approximate surface area is 150 Å². The first-order valence-electron chi connectivity index (χ1n) is 7.84. The van der Waals surface area contributed by atoms with Crippen LogP contribution in [0, 0.1) is 0 Å². The minimum Gasteiger partial charge on any atom is -0.497 e. The number of hydrogen-bond acceptors (Lipinski definition) is 5. The number of nitrogens with one attached hydrogen (secondary N) is 1. The van der Waals surface area contributed by atoms with E-state index in [9.17, 15) is 4.79 Å². The van der Waals surface area contributed by atoms with Gasteiger partial charge in [-0.15, -0.1) is 11.3 Å². The zero-order valence-electron chi connectivity index (χ0n) is 14.0. The van der Waals surface area contributed by atoms with Crippen LogP contribution in [0.3, 0.4) is 0 Å². The molecule has 0 bridgehead atoms. The topological polar surface area (TPSA) is 60.5 Å². The van der Waals surface area contributed by atoms with E-state index in [-0.39, 0.29) is 5.91 Å². The first-order valence-corrected chi connectivity index (χ1v) is 8.72. The van der Waals surface area contributed by atoms with Gasteiger partial charge in [-0.05, 0) is 37.3 Å². The number of nitrogens with zero attached hydrogens (tertiary/aromatic N) is 1. The first kappa shape index (κ1) is 17.0. The van der Waals surface area contributed by atoms with E-state index < -0.39 is 0 Å². The molecule has 0 saturated carbocycles. The van der Waals surface area contributed by atoms with Gasteiger partial charge in [-0.2, -0.15) is 0 Å². The molecule has 0 unspecified atom stereocenters. The number of aromatic nitrogens is 1. The lowest BCUT2D eigenvalue weighted by Crippen LogP contribution is -2.11. The molecule has 1 aromatic heterocycles. The highest BCUT2D eigenvalue weighted by atomic mass is 32.1. The van der Waals surface area contributed by atoms with Crippen molar-refractivity contribution in [1.29, 1.82) is 0 Å². The van der Waals surface area contributed by atoms with Crippen LogP contribution in [0.2, 0.25) is 0 Å². The molecule has 0 atom stereocenters. The molecule has 128 valence electrons. The van der Waals surface area contributed by atoms with E-state index >= 15 is 0 Å². The fraction of sp³-hybridized carbons (Fsp3) is 0.158. The van der Waals surface area contributed by atoms with Gasteiger partial charge in [0.05, 0.1) is 19.4 Å². The molecular weight excluding hydrogens is 336 g/mol. The molecule has 6 heteroatoms. The summed E-state index contributed by atoms with van der Waals surface area (Å²) in [5, 5.41) is 5.26. The highest BCUT2D eigenvalue weighted by Gasteiger charge is 2.13. The second-order valence-corrected chi connectivity index (χ2v) is 6.01. The van der Waals surface area contributed by atoms with Gasteiger partial charge in [0, 0.05) is 16.5 Å². The van der Waals surface area contributed by atoms with Crippen LogP contribution in [0.25, 0.3) is 11.3 Å². The number of benzene rings is 2. The zero-order chi connectivity index (χ0) is 17.6. The Morgan fingerprint density at radius 1 is 1.20 bits per heavy atom. The predicted octanol–water partition coefficient (Wildman–Crippen LogP) is 4.47. The van der Waals surface area contributed by atoms with E-state index in [4.69, 9.17) is 9.47 Å². The van der Waals surface area contributed by atoms with Gasteiger partial charge in [-0.3, -0.25) is 10.1 Å². The highest BCUT2D eigenvalue weighted by molar-refractivity contribution is 7.14. The number of para-hydroxylation sites is 1. The van der Waals surface area contributed by atoms with Gasteiger partial charge in [0.2, 0.25) is 0 Å². The lowest BCUT2D eigenvalue weighted by atomic mass is 10.1. The number of amides is 1. The van der Waals surface area contributed by atoms with Crippen LogP contribution in [0.5, 0.6) is 11.5 Å². The van der Waals surface area contributed by atoms with Crippen molar-refractivity contribution in [2.24, 2.45) is 0 Å². The number of thiazole rings is 1. The van der Waals surface area contributed by atoms with Crippen molar-refractivity contribution >= 4 is 22.4 Å². The largest absolute Gasteiger partial charge is 0.497 e. The van der Waals surface area contributed by atoms with Gasteiger partial charge in [-0.1, -0.05) is 18.2 Å². The Hall–Kier alpha value is -2.86. The summed E-state index contributed by atoms with van der Waals surface area (Å²) in [4.78, 5) is 16.9. The Bertz CT molecular complexity index is 876. The summed E-state index contributed by atoms with van der Waals surface area (Å²) in [6.07, 6.45) is 0. The molecule has 1 heterocycles. The fourth-order valence-electron chi connectivity index (χ4n) is 2.35. The fourth-order valence-corrected chi connectivity index (χ4v) is 3.05. The minimum absolute atomic E-state index is 0.224. The SMILES string of the molecule is CCOc1ccccc1-c1csc(NC(=O)c2cccc(OC)c2)n1. The van der Waals surface area contributed by atoms with E-state index in [2.05, 4.69) is 10.3 Å². The second kappa shape index (κ2) is 7.81. The Balaban J connectivity index is 1.79. The average Bonchev–Trinajstić information content (AvgIpc) is 3.11. The summed E-state index contributed by atoms with van der Waals surface area (Å²) >= 11 is 1.37. The van der Waals surface area contributed by atoms with Crippen molar-refractivity contribution < 1.29 is 14.3 Å². The van der Waals surface area contributed by atoms with Gasteiger partial charge in [0.1, 0.15) is 11.5 Å². The maximum atomic E-state index is 12.4. The van der Waals surface area contributed by atoms with Crippen LogP contribution in [0.15, 0.2) is 53.9 Å². The molecule has 2 aromatic carbocycles. The third-order valence-corrected chi connectivity index (χ3v) is 4.28. The van der Waals surface area contributed by atoms with E-state index in [0.29, 0.717) is 23.1 Å². The summed E-state index contributed by atoms with van der Waals surface area (Å²) in [6, 6.07) is 14.7. The number of ether oxygens (including phenoxy) is 2. The summed E-state index contributed by atoms with van der Waals surface area (Å²) in [5.74, 6) is 1.19. The van der Waals surface area contributed by atoms with E-state index in [0.717, 1.165) is 17.0 Å². The molecule has 0 radical (unpaired) electrons. The number of carbonyl (C=O) groups excluding carboxylic acids is 1. The highest BCUT2D eigenvalue weighted by Crippen LogP contribution is 2.32. The average molecular weight is 354 g/mol. The van der Waals surface area contributed by atoms with Gasteiger partial charge in [-0.25, -0.2) is 4.98 Å². The van der Waals surface area contributed by atoms with Crippen LogP contribution in [-0.2, 0) is 0 Å². The van der Waals surface area contributed by atoms with Crippen molar-refractivity contribution in [3.05, 3.63) is 59.5 Å². The summed E-state index contributed by atoms with van der Waals surface area (Å²) in [5.41, 5.74) is 2.20. The molecule has 5 nitrogen and oxygen atoms in total. The van der Waals surface area contributed by atoms with Crippen LogP contribution in [-0.4, -0.2) is 24.6 Å². The standard InChI is InChI=1S/C19H18N2O3S/c1-3-24-17-10-5-4-9-15(17)16-12-25-19(20-16)21-18(22)13-7-6-8-14(11-13)23-2/h4-12H,3H2,1-2H3,(H,20,21,22). The first-order chi connectivity index (χ1) is 12.2. The van der Waals surface area contributed by atoms with Gasteiger partial charge in [0.15, 0.2) is 5.13 Å². The third-order valence-electron chi connectivity index (χ3n) is 3.52. The van der Waals surface area contributed by atoms with Gasteiger partial charge >= 0.3 is 0 Å². The maximum Gasteiger partial charge on any atom is 0.257 e. The molecule has 0 aliphatic rings. The molecule has 0 saturated heterocycles. The zero-order valence-corrected chi connectivity index (χ0v) is 14.8. The van der Waals surface area contributed by atoms with Crippen molar-refractivity contribution in [2.75, 3.05) is 19.0 Å². The predicted molar refractivity (Wildman–Crippen MR) is 99.7 cm³/mol. The number of hydrogen-bond donors (Lipinski definition) is 1. The summed E-state index contributed by atoms with van der Waals surface area (Å²) in [7, 11) is 1.57. The maximum absolute atomic E-state index is 12.4. The molecular formula is C19H18N2O3S. The molecule has 1 amide bonds. The van der Waals surface area contributed by atoms with Crippen molar-refractivity contribution in [2.45, 2.75) is 6.92 Å². The lowest BCUT2D eigenvalue weighted by molar-refractivity contribution is 0.102. The quantitative estimate of drug-likeness (QED) is 0.709. The smallest absolute Gasteiger partial charge is 0.257 e. The molecule has 3 aromatic rings. The van der Waals surface area contributed by atoms with Gasteiger partial charge < -0.3 is 9.47 Å². The monoisotopic (exact) mass is 354 g/mol. The molecule has 0 fully saturated rings. The molecule has 0 aliphatic carbocycles. The minimum atomic E-state index is -0.224. The van der Waals surface area contributed by atoms with Crippen molar-refractivity contribution in [1.82, 2.24) is 4.98 Å². The lowest BCUT2D eigenvalue weighted by Gasteiger charge is -2.07. The Morgan fingerprint density at radius 3 is 2.84 bits per heavy atom. The molecule has 0 spiro atoms. The Kier molecular flexibility index (Phi) is 5.30. The van der Waals surface area contributed by atoms with E-state index in [1.165, 1.54) is 11.3 Å². The van der Waals surface area contributed by atoms with Crippen molar-refractivity contribution in [3.63, 3.8) is 0 Å². The van der Waals surface area contributed by atoms with Crippen LogP contribution < -0.4 is 14.8 Å². The normalized spacial score (nSPS) is 10.3. The molecule has 1 N–H and O–H groups in total. The molecule has 25 heavy (non-hydrogen) atoms. The summed E-state index contributed by atoms with van der Waals surface area (Å²) in [6.45, 7) is 2.53. The van der Waals surface area contributed by atoms with Crippen molar-refractivity contribution in [3.8, 4) is 22.8 Å². The number of methoxy groups -OCH3 is 1.